The van der Waals surface area contributed by atoms with Gasteiger partial charge in [0.15, 0.2) is 0 Å². The number of hydrogen-bond acceptors (Lipinski definition) is 2. The topological polar surface area (TPSA) is 12.5 Å². The van der Waals surface area contributed by atoms with Crippen molar-refractivity contribution < 1.29 is 9.13 Å². The molecular formula is C19H18FNO. The molecule has 1 saturated heterocycles. The van der Waals surface area contributed by atoms with Crippen LogP contribution < -0.4 is 4.74 Å². The predicted octanol–water partition coefficient (Wildman–Crippen LogP) is 4.46. The Morgan fingerprint density at radius 3 is 2.50 bits per heavy atom. The van der Waals surface area contributed by atoms with Crippen LogP contribution in [0.4, 0.5) is 4.39 Å². The molecule has 0 N–H and O–H groups in total. The number of likely N-dealkylation sites (tertiary alicyclic amines) is 1. The average molecular weight is 295 g/mol. The Morgan fingerprint density at radius 2 is 1.68 bits per heavy atom. The Balaban J connectivity index is 1.93. The van der Waals surface area contributed by atoms with Gasteiger partial charge in [-0.25, -0.2) is 4.39 Å². The van der Waals surface area contributed by atoms with Gasteiger partial charge in [0.05, 0.1) is 0 Å². The molecule has 0 bridgehead atoms. The first kappa shape index (κ1) is 13.5. The van der Waals surface area contributed by atoms with Crippen molar-refractivity contribution >= 4 is 5.57 Å². The zero-order chi connectivity index (χ0) is 15.1. The van der Waals surface area contributed by atoms with Crippen molar-refractivity contribution in [2.24, 2.45) is 0 Å². The second-order valence-electron chi connectivity index (χ2n) is 6.02. The van der Waals surface area contributed by atoms with Gasteiger partial charge >= 0.3 is 0 Å². The Bertz CT molecular complexity index is 756. The molecule has 0 spiro atoms. The summed E-state index contributed by atoms with van der Waals surface area (Å²) < 4.78 is 19.8. The molecule has 2 aliphatic rings. The number of rotatable bonds is 0. The van der Waals surface area contributed by atoms with Gasteiger partial charge in [0, 0.05) is 24.2 Å². The molecule has 0 radical (unpaired) electrons. The third kappa shape index (κ3) is 2.22. The van der Waals surface area contributed by atoms with Crippen LogP contribution in [0.5, 0.6) is 11.5 Å². The molecule has 2 heterocycles. The number of ether oxygens (including phenoxy) is 1. The highest BCUT2D eigenvalue weighted by Crippen LogP contribution is 2.46. The van der Waals surface area contributed by atoms with Gasteiger partial charge in [-0.2, -0.15) is 0 Å². The van der Waals surface area contributed by atoms with Gasteiger partial charge in [0.25, 0.3) is 0 Å². The molecule has 112 valence electrons. The van der Waals surface area contributed by atoms with Gasteiger partial charge in [-0.05, 0) is 49.7 Å². The number of fused-ring (bicyclic) bond motifs is 2. The summed E-state index contributed by atoms with van der Waals surface area (Å²) in [4.78, 5) is 2.34. The molecule has 2 nitrogen and oxygen atoms in total. The van der Waals surface area contributed by atoms with Gasteiger partial charge in [0.1, 0.15) is 17.3 Å². The summed E-state index contributed by atoms with van der Waals surface area (Å²) in [6, 6.07) is 12.8. The van der Waals surface area contributed by atoms with Gasteiger partial charge < -0.3 is 9.64 Å². The van der Waals surface area contributed by atoms with E-state index in [2.05, 4.69) is 18.0 Å². The molecule has 0 aromatic heterocycles. The molecule has 2 aromatic carbocycles. The van der Waals surface area contributed by atoms with E-state index in [0.29, 0.717) is 0 Å². The van der Waals surface area contributed by atoms with Crippen molar-refractivity contribution in [3.8, 4) is 11.5 Å². The largest absolute Gasteiger partial charge is 0.456 e. The zero-order valence-corrected chi connectivity index (χ0v) is 12.6. The van der Waals surface area contributed by atoms with E-state index in [0.717, 1.165) is 48.6 Å². The van der Waals surface area contributed by atoms with Crippen molar-refractivity contribution in [1.29, 1.82) is 0 Å². The first-order chi connectivity index (χ1) is 10.7. The fourth-order valence-corrected chi connectivity index (χ4v) is 3.33. The van der Waals surface area contributed by atoms with Crippen LogP contribution in [0.3, 0.4) is 0 Å². The molecule has 3 heteroatoms. The van der Waals surface area contributed by atoms with Crippen LogP contribution in [0.25, 0.3) is 5.57 Å². The lowest BCUT2D eigenvalue weighted by Crippen LogP contribution is -2.27. The molecule has 1 fully saturated rings. The highest BCUT2D eigenvalue weighted by molar-refractivity contribution is 5.89. The summed E-state index contributed by atoms with van der Waals surface area (Å²) in [7, 11) is 2.15. The van der Waals surface area contributed by atoms with Gasteiger partial charge in [-0.1, -0.05) is 23.8 Å². The third-order valence-corrected chi connectivity index (χ3v) is 4.53. The Labute approximate surface area is 129 Å². The molecule has 0 aliphatic carbocycles. The second kappa shape index (κ2) is 5.25. The average Bonchev–Trinajstić information content (AvgIpc) is 2.54. The van der Waals surface area contributed by atoms with E-state index in [9.17, 15) is 4.39 Å². The van der Waals surface area contributed by atoms with Crippen LogP contribution in [0.2, 0.25) is 0 Å². The van der Waals surface area contributed by atoms with Crippen molar-refractivity contribution in [2.45, 2.75) is 12.8 Å². The van der Waals surface area contributed by atoms with Gasteiger partial charge in [-0.3, -0.25) is 0 Å². The lowest BCUT2D eigenvalue weighted by molar-refractivity contribution is 0.313. The molecule has 0 amide bonds. The number of halogens is 1. The van der Waals surface area contributed by atoms with E-state index < -0.39 is 0 Å². The van der Waals surface area contributed by atoms with Crippen molar-refractivity contribution in [1.82, 2.24) is 4.90 Å². The van der Waals surface area contributed by atoms with E-state index in [-0.39, 0.29) is 5.82 Å². The molecule has 2 aliphatic heterocycles. The van der Waals surface area contributed by atoms with Crippen molar-refractivity contribution in [2.75, 3.05) is 20.1 Å². The highest BCUT2D eigenvalue weighted by Gasteiger charge is 2.26. The Morgan fingerprint density at radius 1 is 0.955 bits per heavy atom. The van der Waals surface area contributed by atoms with Gasteiger partial charge in [0.2, 0.25) is 0 Å². The van der Waals surface area contributed by atoms with Crippen LogP contribution in [-0.4, -0.2) is 25.0 Å². The summed E-state index contributed by atoms with van der Waals surface area (Å²) in [5.74, 6) is 1.40. The van der Waals surface area contributed by atoms with Crippen LogP contribution in [0.15, 0.2) is 48.0 Å². The third-order valence-electron chi connectivity index (χ3n) is 4.53. The maximum Gasteiger partial charge on any atom is 0.135 e. The number of piperidine rings is 1. The van der Waals surface area contributed by atoms with Crippen LogP contribution in [0.1, 0.15) is 24.0 Å². The Hall–Kier alpha value is -2.13. The highest BCUT2D eigenvalue weighted by atomic mass is 19.1. The smallest absolute Gasteiger partial charge is 0.135 e. The summed E-state index contributed by atoms with van der Waals surface area (Å²) >= 11 is 0. The van der Waals surface area contributed by atoms with Gasteiger partial charge in [-0.15, -0.1) is 0 Å². The standard InChI is InChI=1S/C19H18FNO/c1-21-10-8-13(9-11-21)19-15-4-2-3-5-17(15)22-18-7-6-14(20)12-16(18)19/h2-7,12H,8-11H2,1H3. The minimum absolute atomic E-state index is 0.215. The number of hydrogen-bond donors (Lipinski definition) is 0. The molecule has 0 saturated carbocycles. The molecule has 22 heavy (non-hydrogen) atoms. The quantitative estimate of drug-likeness (QED) is 0.607. The lowest BCUT2D eigenvalue weighted by Gasteiger charge is -2.30. The second-order valence-corrected chi connectivity index (χ2v) is 6.02. The normalized spacial score (nSPS) is 17.7. The maximum atomic E-state index is 13.8. The van der Waals surface area contributed by atoms with E-state index in [1.807, 2.05) is 18.2 Å². The SMILES string of the molecule is CN1CCC(=C2c3ccccc3Oc3ccc(F)cc32)CC1. The Kier molecular flexibility index (Phi) is 3.23. The van der Waals surface area contributed by atoms with E-state index in [1.165, 1.54) is 17.2 Å². The molecule has 4 rings (SSSR count). The summed E-state index contributed by atoms with van der Waals surface area (Å²) in [5, 5.41) is 0. The minimum Gasteiger partial charge on any atom is -0.456 e. The predicted molar refractivity (Wildman–Crippen MR) is 85.7 cm³/mol. The first-order valence-electron chi connectivity index (χ1n) is 7.70. The molecular weight excluding hydrogens is 277 g/mol. The van der Waals surface area contributed by atoms with E-state index in [4.69, 9.17) is 4.74 Å². The first-order valence-corrected chi connectivity index (χ1v) is 7.70. The molecule has 2 aromatic rings. The maximum absolute atomic E-state index is 13.8. The van der Waals surface area contributed by atoms with Crippen LogP contribution in [0, 0.1) is 5.82 Å². The van der Waals surface area contributed by atoms with Crippen molar-refractivity contribution in [3.05, 3.63) is 65.0 Å². The number of para-hydroxylation sites is 1. The fourth-order valence-electron chi connectivity index (χ4n) is 3.33. The van der Waals surface area contributed by atoms with E-state index >= 15 is 0 Å². The summed E-state index contributed by atoms with van der Waals surface area (Å²) in [5.41, 5.74) is 4.54. The molecule has 0 unspecified atom stereocenters. The monoisotopic (exact) mass is 295 g/mol. The minimum atomic E-state index is -0.215. The summed E-state index contributed by atoms with van der Waals surface area (Å²) in [6.45, 7) is 2.10. The summed E-state index contributed by atoms with van der Waals surface area (Å²) in [6.07, 6.45) is 2.05. The molecule has 0 atom stereocenters. The van der Waals surface area contributed by atoms with Crippen molar-refractivity contribution in [3.63, 3.8) is 0 Å². The van der Waals surface area contributed by atoms with E-state index in [1.54, 1.807) is 12.1 Å². The van der Waals surface area contributed by atoms with Crippen LogP contribution >= 0.6 is 0 Å². The number of nitrogens with zero attached hydrogens (tertiary/aromatic N) is 1. The fraction of sp³-hybridized carbons (Fsp3) is 0.263. The number of benzene rings is 2. The zero-order valence-electron chi connectivity index (χ0n) is 12.6. The lowest BCUT2D eigenvalue weighted by atomic mass is 9.86. The van der Waals surface area contributed by atoms with Crippen LogP contribution in [-0.2, 0) is 0 Å².